The molecule has 0 bridgehead atoms. The Morgan fingerprint density at radius 3 is 2.30 bits per heavy atom. The van der Waals surface area contributed by atoms with Crippen LogP contribution in [0.25, 0.3) is 0 Å². The molecule has 0 aromatic rings. The van der Waals surface area contributed by atoms with Crippen molar-refractivity contribution < 1.29 is 0 Å². The predicted molar refractivity (Wildman–Crippen MR) is 45.0 cm³/mol. The number of hydrogen-bond donors (Lipinski definition) is 0. The first-order chi connectivity index (χ1) is 4.63. The molecule has 0 spiro atoms. The fourth-order valence-electron chi connectivity index (χ4n) is 1.75. The molecule has 0 N–H and O–H groups in total. The average molecular weight is 141 g/mol. The summed E-state index contributed by atoms with van der Waals surface area (Å²) in [6.45, 7) is 8.35. The monoisotopic (exact) mass is 141 g/mol. The Balaban J connectivity index is 2.52. The Kier molecular flexibility index (Phi) is 2.35. The summed E-state index contributed by atoms with van der Waals surface area (Å²) in [5.74, 6) is 1.80. The molecule has 1 fully saturated rings. The van der Waals surface area contributed by atoms with Crippen LogP contribution < -0.4 is 0 Å². The van der Waals surface area contributed by atoms with Gasteiger partial charge in [-0.1, -0.05) is 13.8 Å². The molecule has 1 aliphatic heterocycles. The summed E-state index contributed by atoms with van der Waals surface area (Å²) in [5, 5.41) is 0. The molecule has 0 aromatic heterocycles. The van der Waals surface area contributed by atoms with Gasteiger partial charge in [0.05, 0.1) is 0 Å². The SMILES string of the molecule is CC1CCN(C)C(C)C1C. The fourth-order valence-corrected chi connectivity index (χ4v) is 1.75. The average Bonchev–Trinajstić information content (AvgIpc) is 1.93. The fraction of sp³-hybridized carbons (Fsp3) is 1.00. The molecule has 1 aliphatic rings. The molecule has 0 aromatic carbocycles. The van der Waals surface area contributed by atoms with Gasteiger partial charge >= 0.3 is 0 Å². The Bertz CT molecular complexity index is 97.3. The zero-order valence-electron chi connectivity index (χ0n) is 7.59. The minimum absolute atomic E-state index is 0.781. The summed E-state index contributed by atoms with van der Waals surface area (Å²) in [7, 11) is 2.23. The summed E-state index contributed by atoms with van der Waals surface area (Å²) < 4.78 is 0. The molecule has 1 nitrogen and oxygen atoms in total. The third-order valence-corrected chi connectivity index (χ3v) is 3.29. The highest BCUT2D eigenvalue weighted by atomic mass is 15.1. The van der Waals surface area contributed by atoms with E-state index in [1.54, 1.807) is 0 Å². The van der Waals surface area contributed by atoms with E-state index in [1.165, 1.54) is 13.0 Å². The Hall–Kier alpha value is -0.0400. The quantitative estimate of drug-likeness (QED) is 0.498. The van der Waals surface area contributed by atoms with Gasteiger partial charge in [-0.2, -0.15) is 0 Å². The highest BCUT2D eigenvalue weighted by Gasteiger charge is 2.26. The van der Waals surface area contributed by atoms with Crippen molar-refractivity contribution in [3.8, 4) is 0 Å². The maximum Gasteiger partial charge on any atom is 0.00920 e. The van der Waals surface area contributed by atoms with Gasteiger partial charge in [0.15, 0.2) is 0 Å². The molecule has 0 amide bonds. The van der Waals surface area contributed by atoms with E-state index in [9.17, 15) is 0 Å². The molecule has 1 heteroatoms. The van der Waals surface area contributed by atoms with Crippen LogP contribution in [0, 0.1) is 11.8 Å². The summed E-state index contributed by atoms with van der Waals surface area (Å²) >= 11 is 0. The van der Waals surface area contributed by atoms with Crippen LogP contribution in [0.2, 0.25) is 0 Å². The Morgan fingerprint density at radius 2 is 1.80 bits per heavy atom. The lowest BCUT2D eigenvalue weighted by Crippen LogP contribution is -2.43. The molecule has 0 radical (unpaired) electrons. The van der Waals surface area contributed by atoms with Gasteiger partial charge in [0.2, 0.25) is 0 Å². The predicted octanol–water partition coefficient (Wildman–Crippen LogP) is 1.98. The van der Waals surface area contributed by atoms with Gasteiger partial charge in [-0.3, -0.25) is 0 Å². The van der Waals surface area contributed by atoms with E-state index in [0.717, 1.165) is 17.9 Å². The molecule has 60 valence electrons. The molecule has 10 heavy (non-hydrogen) atoms. The van der Waals surface area contributed by atoms with Crippen LogP contribution in [-0.4, -0.2) is 24.5 Å². The lowest BCUT2D eigenvalue weighted by molar-refractivity contribution is 0.0999. The van der Waals surface area contributed by atoms with E-state index in [-0.39, 0.29) is 0 Å². The van der Waals surface area contributed by atoms with Crippen molar-refractivity contribution in [2.45, 2.75) is 33.2 Å². The van der Waals surface area contributed by atoms with Gasteiger partial charge in [0.25, 0.3) is 0 Å². The van der Waals surface area contributed by atoms with Crippen molar-refractivity contribution in [1.29, 1.82) is 0 Å². The maximum atomic E-state index is 2.46. The molecular weight excluding hydrogens is 122 g/mol. The minimum atomic E-state index is 0.781. The first-order valence-electron chi connectivity index (χ1n) is 4.33. The second-order valence-electron chi connectivity index (χ2n) is 3.85. The van der Waals surface area contributed by atoms with Gasteiger partial charge in [-0.15, -0.1) is 0 Å². The summed E-state index contributed by atoms with van der Waals surface area (Å²) in [6, 6.07) is 0.781. The number of hydrogen-bond acceptors (Lipinski definition) is 1. The van der Waals surface area contributed by atoms with Crippen LogP contribution in [0.5, 0.6) is 0 Å². The molecule has 1 heterocycles. The van der Waals surface area contributed by atoms with Crippen LogP contribution in [0.15, 0.2) is 0 Å². The Morgan fingerprint density at radius 1 is 1.20 bits per heavy atom. The minimum Gasteiger partial charge on any atom is -0.303 e. The van der Waals surface area contributed by atoms with E-state index >= 15 is 0 Å². The van der Waals surface area contributed by atoms with E-state index in [4.69, 9.17) is 0 Å². The zero-order chi connectivity index (χ0) is 7.72. The molecule has 1 saturated heterocycles. The lowest BCUT2D eigenvalue weighted by atomic mass is 9.83. The second-order valence-corrected chi connectivity index (χ2v) is 3.85. The van der Waals surface area contributed by atoms with Crippen LogP contribution in [0.1, 0.15) is 27.2 Å². The number of likely N-dealkylation sites (tertiary alicyclic amines) is 1. The molecule has 0 aliphatic carbocycles. The molecule has 3 unspecified atom stereocenters. The molecular formula is C9H19N. The molecule has 1 rings (SSSR count). The van der Waals surface area contributed by atoms with Crippen LogP contribution in [0.4, 0.5) is 0 Å². The topological polar surface area (TPSA) is 3.24 Å². The zero-order valence-corrected chi connectivity index (χ0v) is 7.59. The Labute approximate surface area is 64.4 Å². The van der Waals surface area contributed by atoms with E-state index in [0.29, 0.717) is 0 Å². The highest BCUT2D eigenvalue weighted by Crippen LogP contribution is 2.26. The van der Waals surface area contributed by atoms with Crippen LogP contribution in [-0.2, 0) is 0 Å². The third kappa shape index (κ3) is 1.34. The van der Waals surface area contributed by atoms with Gasteiger partial charge in [0, 0.05) is 6.04 Å². The summed E-state index contributed by atoms with van der Waals surface area (Å²) in [4.78, 5) is 2.46. The van der Waals surface area contributed by atoms with Crippen molar-refractivity contribution in [3.63, 3.8) is 0 Å². The third-order valence-electron chi connectivity index (χ3n) is 3.29. The standard InChI is InChI=1S/C9H19N/c1-7-5-6-10(4)9(3)8(7)2/h7-9H,5-6H2,1-4H3. The first kappa shape index (κ1) is 8.06. The largest absolute Gasteiger partial charge is 0.303 e. The number of nitrogens with zero attached hydrogens (tertiary/aromatic N) is 1. The van der Waals surface area contributed by atoms with Gasteiger partial charge in [0.1, 0.15) is 0 Å². The number of rotatable bonds is 0. The first-order valence-corrected chi connectivity index (χ1v) is 4.33. The van der Waals surface area contributed by atoms with Crippen LogP contribution >= 0.6 is 0 Å². The van der Waals surface area contributed by atoms with Crippen LogP contribution in [0.3, 0.4) is 0 Å². The van der Waals surface area contributed by atoms with Crippen molar-refractivity contribution in [3.05, 3.63) is 0 Å². The molecule has 3 atom stereocenters. The number of piperidine rings is 1. The van der Waals surface area contributed by atoms with Crippen molar-refractivity contribution in [2.75, 3.05) is 13.6 Å². The van der Waals surface area contributed by atoms with Gasteiger partial charge in [-0.05, 0) is 38.8 Å². The summed E-state index contributed by atoms with van der Waals surface area (Å²) in [5.41, 5.74) is 0. The normalized spacial score (nSPS) is 43.8. The second kappa shape index (κ2) is 2.91. The summed E-state index contributed by atoms with van der Waals surface area (Å²) in [6.07, 6.45) is 1.38. The van der Waals surface area contributed by atoms with E-state index in [2.05, 4.69) is 32.7 Å². The van der Waals surface area contributed by atoms with Crippen molar-refractivity contribution in [2.24, 2.45) is 11.8 Å². The van der Waals surface area contributed by atoms with Gasteiger partial charge < -0.3 is 4.90 Å². The molecule has 0 saturated carbocycles. The van der Waals surface area contributed by atoms with Gasteiger partial charge in [-0.25, -0.2) is 0 Å². The lowest BCUT2D eigenvalue weighted by Gasteiger charge is -2.39. The highest BCUT2D eigenvalue weighted by molar-refractivity contribution is 4.80. The van der Waals surface area contributed by atoms with E-state index < -0.39 is 0 Å². The van der Waals surface area contributed by atoms with Crippen molar-refractivity contribution >= 4 is 0 Å². The maximum absolute atomic E-state index is 2.46. The van der Waals surface area contributed by atoms with Crippen molar-refractivity contribution in [1.82, 2.24) is 4.90 Å². The van der Waals surface area contributed by atoms with E-state index in [1.807, 2.05) is 0 Å². The smallest absolute Gasteiger partial charge is 0.00920 e.